The van der Waals surface area contributed by atoms with Crippen LogP contribution in [0.5, 0.6) is 0 Å². The normalized spacial score (nSPS) is 12.2. The second kappa shape index (κ2) is 10.8. The van der Waals surface area contributed by atoms with E-state index in [2.05, 4.69) is 15.0 Å². The molecule has 1 amide bonds. The topological polar surface area (TPSA) is 108 Å². The lowest BCUT2D eigenvalue weighted by Gasteiger charge is -2.18. The Hall–Kier alpha value is -3.56. The molecule has 1 heterocycles. The van der Waals surface area contributed by atoms with Gasteiger partial charge in [-0.3, -0.25) is 9.52 Å². The zero-order chi connectivity index (χ0) is 23.8. The maximum Gasteiger partial charge on any atom is 0.279 e. The molecule has 2 aromatic carbocycles. The first-order valence-corrected chi connectivity index (χ1v) is 11.8. The Bertz CT molecular complexity index is 1200. The van der Waals surface area contributed by atoms with Crippen molar-refractivity contribution in [1.82, 2.24) is 15.2 Å². The van der Waals surface area contributed by atoms with E-state index in [1.807, 2.05) is 49.3 Å². The first-order chi connectivity index (χ1) is 15.8. The average molecular weight is 467 g/mol. The minimum atomic E-state index is -3.95. The number of sulfonamides is 1. The van der Waals surface area contributed by atoms with Crippen LogP contribution in [0.4, 0.5) is 5.69 Å². The highest BCUT2D eigenvalue weighted by Gasteiger charge is 2.20. The van der Waals surface area contributed by atoms with Crippen LogP contribution in [0.15, 0.2) is 78.0 Å². The summed E-state index contributed by atoms with van der Waals surface area (Å²) < 4.78 is 28.2. The van der Waals surface area contributed by atoms with Gasteiger partial charge in [0, 0.05) is 18.3 Å². The van der Waals surface area contributed by atoms with Crippen molar-refractivity contribution < 1.29 is 18.0 Å². The molecular weight excluding hydrogens is 440 g/mol. The Kier molecular flexibility index (Phi) is 7.92. The molecule has 0 saturated carbocycles. The average Bonchev–Trinajstić information content (AvgIpc) is 2.80. The molecule has 1 unspecified atom stereocenters. The van der Waals surface area contributed by atoms with Gasteiger partial charge in [-0.1, -0.05) is 42.5 Å². The number of benzene rings is 2. The molecule has 9 heteroatoms. The molecule has 0 aliphatic rings. The number of rotatable bonds is 10. The SMILES string of the molecule is CN(C)Cc1ccc(C(=O)NC(C=O)Cc2ccccc2)cc1NS(=O)(=O)c1ccccn1. The van der Waals surface area contributed by atoms with Crippen LogP contribution in [0.25, 0.3) is 0 Å². The van der Waals surface area contributed by atoms with Crippen LogP contribution in [-0.4, -0.2) is 50.6 Å². The number of carbonyl (C=O) groups excluding carboxylic acids is 2. The highest BCUT2D eigenvalue weighted by molar-refractivity contribution is 7.92. The first-order valence-electron chi connectivity index (χ1n) is 10.3. The number of anilines is 1. The Morgan fingerprint density at radius 1 is 1.06 bits per heavy atom. The lowest BCUT2D eigenvalue weighted by Crippen LogP contribution is -2.37. The Balaban J connectivity index is 1.85. The van der Waals surface area contributed by atoms with Gasteiger partial charge in [0.15, 0.2) is 5.03 Å². The van der Waals surface area contributed by atoms with Crippen molar-refractivity contribution in [2.45, 2.75) is 24.0 Å². The predicted octanol–water partition coefficient (Wildman–Crippen LogP) is 2.48. The number of pyridine rings is 1. The van der Waals surface area contributed by atoms with Crippen molar-refractivity contribution in [3.05, 3.63) is 89.6 Å². The molecule has 1 aromatic heterocycles. The summed E-state index contributed by atoms with van der Waals surface area (Å²) in [6, 6.07) is 18.0. The molecule has 0 radical (unpaired) electrons. The second-order valence-corrected chi connectivity index (χ2v) is 9.42. The van der Waals surface area contributed by atoms with Gasteiger partial charge in [-0.05, 0) is 55.9 Å². The van der Waals surface area contributed by atoms with Gasteiger partial charge in [-0.15, -0.1) is 0 Å². The molecule has 0 saturated heterocycles. The number of nitrogens with one attached hydrogen (secondary N) is 2. The van der Waals surface area contributed by atoms with Gasteiger partial charge in [0.2, 0.25) is 0 Å². The molecule has 2 N–H and O–H groups in total. The third kappa shape index (κ3) is 6.71. The lowest BCUT2D eigenvalue weighted by atomic mass is 10.1. The van der Waals surface area contributed by atoms with Crippen molar-refractivity contribution in [2.75, 3.05) is 18.8 Å². The largest absolute Gasteiger partial charge is 0.342 e. The smallest absolute Gasteiger partial charge is 0.279 e. The van der Waals surface area contributed by atoms with Crippen molar-refractivity contribution >= 4 is 27.9 Å². The quantitative estimate of drug-likeness (QED) is 0.445. The van der Waals surface area contributed by atoms with Crippen LogP contribution in [0.3, 0.4) is 0 Å². The summed E-state index contributed by atoms with van der Waals surface area (Å²) in [5.74, 6) is -0.474. The Morgan fingerprint density at radius 2 is 1.79 bits per heavy atom. The van der Waals surface area contributed by atoms with E-state index >= 15 is 0 Å². The zero-order valence-corrected chi connectivity index (χ0v) is 19.2. The predicted molar refractivity (Wildman–Crippen MR) is 126 cm³/mol. The molecule has 33 heavy (non-hydrogen) atoms. The fraction of sp³-hybridized carbons (Fsp3) is 0.208. The van der Waals surface area contributed by atoms with Gasteiger partial charge < -0.3 is 15.0 Å². The molecule has 172 valence electrons. The van der Waals surface area contributed by atoms with Crippen molar-refractivity contribution in [1.29, 1.82) is 0 Å². The van der Waals surface area contributed by atoms with Crippen LogP contribution in [-0.2, 0) is 27.8 Å². The zero-order valence-electron chi connectivity index (χ0n) is 18.4. The van der Waals surface area contributed by atoms with E-state index in [0.717, 1.165) is 5.56 Å². The fourth-order valence-corrected chi connectivity index (χ4v) is 4.29. The molecule has 0 aliphatic heterocycles. The number of amides is 1. The summed E-state index contributed by atoms with van der Waals surface area (Å²) in [6.45, 7) is 0.451. The standard InChI is InChI=1S/C24H26N4O4S/c1-28(2)16-20-12-11-19(15-22(20)27-33(31,32)23-10-6-7-13-25-23)24(30)26-21(17-29)14-18-8-4-3-5-9-18/h3-13,15,17,21,27H,14,16H2,1-2H3,(H,26,30). The minimum Gasteiger partial charge on any atom is -0.342 e. The van der Waals surface area contributed by atoms with Crippen LogP contribution in [0, 0.1) is 0 Å². The molecule has 0 bridgehead atoms. The summed E-state index contributed by atoms with van der Waals surface area (Å²) in [7, 11) is -0.236. The summed E-state index contributed by atoms with van der Waals surface area (Å²) in [6.07, 6.45) is 2.44. The third-order valence-corrected chi connectivity index (χ3v) is 6.08. The number of aromatic nitrogens is 1. The Labute approximate surface area is 193 Å². The van der Waals surface area contributed by atoms with E-state index in [9.17, 15) is 18.0 Å². The van der Waals surface area contributed by atoms with Gasteiger partial charge in [-0.2, -0.15) is 8.42 Å². The first kappa shape index (κ1) is 24.1. The van der Waals surface area contributed by atoms with E-state index in [-0.39, 0.29) is 16.3 Å². The maximum atomic E-state index is 12.9. The number of carbonyl (C=O) groups is 2. The lowest BCUT2D eigenvalue weighted by molar-refractivity contribution is -0.109. The van der Waals surface area contributed by atoms with Gasteiger partial charge in [0.05, 0.1) is 11.7 Å². The number of hydrogen-bond donors (Lipinski definition) is 2. The van der Waals surface area contributed by atoms with Crippen LogP contribution >= 0.6 is 0 Å². The molecule has 3 rings (SSSR count). The van der Waals surface area contributed by atoms with Crippen molar-refractivity contribution in [3.63, 3.8) is 0 Å². The number of hydrogen-bond acceptors (Lipinski definition) is 6. The molecule has 0 aliphatic carbocycles. The number of aldehydes is 1. The summed E-state index contributed by atoms with van der Waals surface area (Å²) in [4.78, 5) is 30.2. The van der Waals surface area contributed by atoms with E-state index in [4.69, 9.17) is 0 Å². The molecule has 1 atom stereocenters. The highest BCUT2D eigenvalue weighted by Crippen LogP contribution is 2.23. The summed E-state index contributed by atoms with van der Waals surface area (Å²) >= 11 is 0. The molecule has 0 spiro atoms. The van der Waals surface area contributed by atoms with Crippen LogP contribution in [0.1, 0.15) is 21.5 Å². The second-order valence-electron chi connectivity index (χ2n) is 7.79. The van der Waals surface area contributed by atoms with Crippen LogP contribution in [0.2, 0.25) is 0 Å². The van der Waals surface area contributed by atoms with Gasteiger partial charge in [0.1, 0.15) is 6.29 Å². The number of nitrogens with zero attached hydrogens (tertiary/aromatic N) is 2. The molecule has 0 fully saturated rings. The summed E-state index contributed by atoms with van der Waals surface area (Å²) in [5.41, 5.74) is 2.11. The monoisotopic (exact) mass is 466 g/mol. The molecule has 8 nitrogen and oxygen atoms in total. The summed E-state index contributed by atoms with van der Waals surface area (Å²) in [5, 5.41) is 2.58. The highest BCUT2D eigenvalue weighted by atomic mass is 32.2. The molecule has 3 aromatic rings. The van der Waals surface area contributed by atoms with E-state index < -0.39 is 22.0 Å². The van der Waals surface area contributed by atoms with E-state index in [0.29, 0.717) is 24.8 Å². The van der Waals surface area contributed by atoms with Crippen molar-refractivity contribution in [3.8, 4) is 0 Å². The van der Waals surface area contributed by atoms with E-state index in [1.165, 1.54) is 18.3 Å². The fourth-order valence-electron chi connectivity index (χ4n) is 3.25. The third-order valence-electron chi connectivity index (χ3n) is 4.80. The van der Waals surface area contributed by atoms with Gasteiger partial charge >= 0.3 is 0 Å². The van der Waals surface area contributed by atoms with Gasteiger partial charge in [-0.25, -0.2) is 4.98 Å². The van der Waals surface area contributed by atoms with Crippen molar-refractivity contribution in [2.24, 2.45) is 0 Å². The Morgan fingerprint density at radius 3 is 2.42 bits per heavy atom. The molecular formula is C24H26N4O4S. The van der Waals surface area contributed by atoms with Gasteiger partial charge in [0.25, 0.3) is 15.9 Å². The van der Waals surface area contributed by atoms with E-state index in [1.54, 1.807) is 24.3 Å². The van der Waals surface area contributed by atoms with Crippen LogP contribution < -0.4 is 10.0 Å². The maximum absolute atomic E-state index is 12.9. The minimum absolute atomic E-state index is 0.125.